The summed E-state index contributed by atoms with van der Waals surface area (Å²) in [6.07, 6.45) is 3.52. The Morgan fingerprint density at radius 3 is 2.53 bits per heavy atom. The molecule has 0 heterocycles. The van der Waals surface area contributed by atoms with E-state index < -0.39 is 0 Å². The molecule has 0 aliphatic rings. The van der Waals surface area contributed by atoms with Crippen molar-refractivity contribution in [3.63, 3.8) is 0 Å². The highest BCUT2D eigenvalue weighted by Gasteiger charge is 2.07. The number of benzene rings is 1. The highest BCUT2D eigenvalue weighted by Crippen LogP contribution is 2.23. The van der Waals surface area contributed by atoms with Crippen LogP contribution in [-0.4, -0.2) is 12.1 Å². The Kier molecular flexibility index (Phi) is 5.98. The number of rotatable bonds is 5. The highest BCUT2D eigenvalue weighted by molar-refractivity contribution is 9.10. The van der Waals surface area contributed by atoms with Crippen LogP contribution < -0.4 is 5.32 Å². The van der Waals surface area contributed by atoms with Crippen molar-refractivity contribution < 1.29 is 0 Å². The molecule has 0 bridgehead atoms. The van der Waals surface area contributed by atoms with Crippen LogP contribution in [0.5, 0.6) is 0 Å². The number of unbranched alkanes of at least 4 members (excludes halogenated alkanes) is 1. The van der Waals surface area contributed by atoms with Crippen LogP contribution in [0.1, 0.15) is 39.2 Å². The molecular weight excluding hydrogens is 298 g/mol. The standard InChI is InChI=1S/C14H21BrClN/c1-14(2,3)17-9-5-4-6-11-7-8-13(16)12(15)10-11/h7-8,10,17H,4-6,9H2,1-3H3. The van der Waals surface area contributed by atoms with Gasteiger partial charge in [0.1, 0.15) is 0 Å². The lowest BCUT2D eigenvalue weighted by Gasteiger charge is -2.20. The van der Waals surface area contributed by atoms with E-state index in [1.165, 1.54) is 18.4 Å². The lowest BCUT2D eigenvalue weighted by molar-refractivity contribution is 0.419. The number of aryl methyl sites for hydroxylation is 1. The van der Waals surface area contributed by atoms with Crippen molar-refractivity contribution in [1.82, 2.24) is 5.32 Å². The zero-order valence-corrected chi connectivity index (χ0v) is 13.2. The zero-order chi connectivity index (χ0) is 12.9. The van der Waals surface area contributed by atoms with Crippen molar-refractivity contribution in [1.29, 1.82) is 0 Å². The second-order valence-electron chi connectivity index (χ2n) is 5.38. The van der Waals surface area contributed by atoms with E-state index in [1.54, 1.807) is 0 Å². The Bertz CT molecular complexity index is 358. The lowest BCUT2D eigenvalue weighted by Crippen LogP contribution is -2.36. The molecule has 0 saturated heterocycles. The van der Waals surface area contributed by atoms with Gasteiger partial charge in [-0.2, -0.15) is 0 Å². The first-order chi connectivity index (χ1) is 7.88. The Balaban J connectivity index is 2.25. The van der Waals surface area contributed by atoms with E-state index in [0.717, 1.165) is 22.5 Å². The normalized spacial score (nSPS) is 11.8. The predicted octanol–water partition coefficient (Wildman–Crippen LogP) is 4.81. The van der Waals surface area contributed by atoms with Crippen LogP contribution in [0.2, 0.25) is 5.02 Å². The fraction of sp³-hybridized carbons (Fsp3) is 0.571. The van der Waals surface area contributed by atoms with Gasteiger partial charge in [-0.05, 0) is 80.2 Å². The summed E-state index contributed by atoms with van der Waals surface area (Å²) < 4.78 is 0.990. The highest BCUT2D eigenvalue weighted by atomic mass is 79.9. The third-order valence-corrected chi connectivity index (χ3v) is 3.75. The molecule has 3 heteroatoms. The van der Waals surface area contributed by atoms with E-state index in [9.17, 15) is 0 Å². The fourth-order valence-electron chi connectivity index (χ4n) is 1.61. The molecule has 0 aliphatic carbocycles. The molecule has 1 rings (SSSR count). The smallest absolute Gasteiger partial charge is 0.0548 e. The van der Waals surface area contributed by atoms with Crippen LogP contribution in [0.15, 0.2) is 22.7 Å². The van der Waals surface area contributed by atoms with E-state index in [-0.39, 0.29) is 5.54 Å². The van der Waals surface area contributed by atoms with Crippen LogP contribution in [0, 0.1) is 0 Å². The van der Waals surface area contributed by atoms with E-state index in [0.29, 0.717) is 0 Å². The molecule has 96 valence electrons. The van der Waals surface area contributed by atoms with Gasteiger partial charge in [0.2, 0.25) is 0 Å². The number of hydrogen-bond acceptors (Lipinski definition) is 1. The Morgan fingerprint density at radius 1 is 1.24 bits per heavy atom. The predicted molar refractivity (Wildman–Crippen MR) is 79.8 cm³/mol. The molecule has 1 nitrogen and oxygen atoms in total. The average molecular weight is 319 g/mol. The number of hydrogen-bond donors (Lipinski definition) is 1. The van der Waals surface area contributed by atoms with Crippen LogP contribution >= 0.6 is 27.5 Å². The summed E-state index contributed by atoms with van der Waals surface area (Å²) in [4.78, 5) is 0. The lowest BCUT2D eigenvalue weighted by atomic mass is 10.1. The second kappa shape index (κ2) is 6.77. The van der Waals surface area contributed by atoms with Crippen LogP contribution in [0.3, 0.4) is 0 Å². The quantitative estimate of drug-likeness (QED) is 0.768. The van der Waals surface area contributed by atoms with Crippen LogP contribution in [0.4, 0.5) is 0 Å². The molecule has 0 saturated carbocycles. The first kappa shape index (κ1) is 15.0. The van der Waals surface area contributed by atoms with Gasteiger partial charge < -0.3 is 5.32 Å². The molecular formula is C14H21BrClN. The van der Waals surface area contributed by atoms with E-state index in [1.807, 2.05) is 6.07 Å². The Labute approximate surface area is 118 Å². The van der Waals surface area contributed by atoms with Gasteiger partial charge in [-0.1, -0.05) is 17.7 Å². The minimum atomic E-state index is 0.225. The topological polar surface area (TPSA) is 12.0 Å². The monoisotopic (exact) mass is 317 g/mol. The SMILES string of the molecule is CC(C)(C)NCCCCc1ccc(Cl)c(Br)c1. The molecule has 1 N–H and O–H groups in total. The summed E-state index contributed by atoms with van der Waals surface area (Å²) >= 11 is 9.41. The molecule has 0 atom stereocenters. The van der Waals surface area contributed by atoms with Gasteiger partial charge in [0.15, 0.2) is 0 Å². The van der Waals surface area contributed by atoms with Crippen LogP contribution in [0.25, 0.3) is 0 Å². The van der Waals surface area contributed by atoms with E-state index in [4.69, 9.17) is 11.6 Å². The van der Waals surface area contributed by atoms with Gasteiger partial charge in [-0.25, -0.2) is 0 Å². The van der Waals surface area contributed by atoms with Crippen molar-refractivity contribution in [2.24, 2.45) is 0 Å². The summed E-state index contributed by atoms with van der Waals surface area (Å²) in [6.45, 7) is 7.67. The van der Waals surface area contributed by atoms with Crippen molar-refractivity contribution in [2.45, 2.75) is 45.6 Å². The maximum atomic E-state index is 5.96. The van der Waals surface area contributed by atoms with E-state index >= 15 is 0 Å². The molecule has 1 aromatic carbocycles. The van der Waals surface area contributed by atoms with Gasteiger partial charge in [0.25, 0.3) is 0 Å². The van der Waals surface area contributed by atoms with Crippen LogP contribution in [-0.2, 0) is 6.42 Å². The van der Waals surface area contributed by atoms with Gasteiger partial charge >= 0.3 is 0 Å². The zero-order valence-electron chi connectivity index (χ0n) is 10.8. The molecule has 0 fully saturated rings. The second-order valence-corrected chi connectivity index (χ2v) is 6.64. The van der Waals surface area contributed by atoms with Gasteiger partial charge in [-0.3, -0.25) is 0 Å². The van der Waals surface area contributed by atoms with Gasteiger partial charge in [0.05, 0.1) is 5.02 Å². The third kappa shape index (κ3) is 6.44. The fourth-order valence-corrected chi connectivity index (χ4v) is 2.16. The summed E-state index contributed by atoms with van der Waals surface area (Å²) in [5, 5.41) is 4.28. The largest absolute Gasteiger partial charge is 0.312 e. The Morgan fingerprint density at radius 2 is 1.94 bits per heavy atom. The van der Waals surface area contributed by atoms with Gasteiger partial charge in [0, 0.05) is 10.0 Å². The minimum absolute atomic E-state index is 0.225. The molecule has 0 unspecified atom stereocenters. The van der Waals surface area contributed by atoms with Crippen molar-refractivity contribution in [2.75, 3.05) is 6.54 Å². The Hall–Kier alpha value is -0.0500. The molecule has 0 radical (unpaired) electrons. The third-order valence-electron chi connectivity index (χ3n) is 2.53. The summed E-state index contributed by atoms with van der Waals surface area (Å²) in [5.74, 6) is 0. The van der Waals surface area contributed by atoms with Crippen molar-refractivity contribution in [3.05, 3.63) is 33.3 Å². The first-order valence-electron chi connectivity index (χ1n) is 6.07. The molecule has 0 spiro atoms. The van der Waals surface area contributed by atoms with Crippen molar-refractivity contribution >= 4 is 27.5 Å². The van der Waals surface area contributed by atoms with Gasteiger partial charge in [-0.15, -0.1) is 0 Å². The molecule has 0 amide bonds. The average Bonchev–Trinajstić information content (AvgIpc) is 2.21. The number of nitrogens with one attached hydrogen (secondary N) is 1. The molecule has 1 aromatic rings. The van der Waals surface area contributed by atoms with Crippen molar-refractivity contribution in [3.8, 4) is 0 Å². The minimum Gasteiger partial charge on any atom is -0.312 e. The number of halogens is 2. The van der Waals surface area contributed by atoms with E-state index in [2.05, 4.69) is 54.2 Å². The molecule has 17 heavy (non-hydrogen) atoms. The first-order valence-corrected chi connectivity index (χ1v) is 7.24. The summed E-state index contributed by atoms with van der Waals surface area (Å²) in [5.41, 5.74) is 1.57. The summed E-state index contributed by atoms with van der Waals surface area (Å²) in [7, 11) is 0. The summed E-state index contributed by atoms with van der Waals surface area (Å²) in [6, 6.07) is 6.16. The maximum absolute atomic E-state index is 5.96. The molecule has 0 aliphatic heterocycles. The maximum Gasteiger partial charge on any atom is 0.0548 e. The molecule has 0 aromatic heterocycles.